The van der Waals surface area contributed by atoms with E-state index in [2.05, 4.69) is 5.32 Å². The molecule has 1 saturated heterocycles. The summed E-state index contributed by atoms with van der Waals surface area (Å²) in [6, 6.07) is 10.8. The Balaban J connectivity index is 1.52. The number of halogens is 1. The molecule has 2 aromatic rings. The largest absolute Gasteiger partial charge is 0.493 e. The Kier molecular flexibility index (Phi) is 7.24. The van der Waals surface area contributed by atoms with Crippen molar-refractivity contribution >= 4 is 17.5 Å². The zero-order chi connectivity index (χ0) is 21.5. The van der Waals surface area contributed by atoms with Gasteiger partial charge in [-0.25, -0.2) is 4.39 Å². The first-order valence-electron chi connectivity index (χ1n) is 9.88. The third-order valence-corrected chi connectivity index (χ3v) is 4.87. The second kappa shape index (κ2) is 10.1. The molecule has 160 valence electrons. The first kappa shape index (κ1) is 21.6. The van der Waals surface area contributed by atoms with E-state index in [4.69, 9.17) is 9.47 Å². The summed E-state index contributed by atoms with van der Waals surface area (Å²) in [6.45, 7) is 4.81. The van der Waals surface area contributed by atoms with Gasteiger partial charge in [0, 0.05) is 37.4 Å². The van der Waals surface area contributed by atoms with Crippen LogP contribution in [0.5, 0.6) is 11.5 Å². The van der Waals surface area contributed by atoms with Gasteiger partial charge in [-0.15, -0.1) is 0 Å². The number of methoxy groups -OCH3 is 1. The number of anilines is 1. The minimum Gasteiger partial charge on any atom is -0.493 e. The molecule has 0 radical (unpaired) electrons. The maximum atomic E-state index is 13.0. The summed E-state index contributed by atoms with van der Waals surface area (Å²) in [5.74, 6) is 0.540. The molecule has 30 heavy (non-hydrogen) atoms. The lowest BCUT2D eigenvalue weighted by Gasteiger charge is -2.34. The van der Waals surface area contributed by atoms with Gasteiger partial charge < -0.3 is 19.7 Å². The standard InChI is InChI=1S/C22H26FN3O4/c1-3-30-20-14-16(4-9-19(20)29-2)22(28)26-12-10-25(11-13-26)15-21(27)24-18-7-5-17(23)6-8-18/h4-9,14H,3,10-13,15H2,1-2H3,(H,24,27). The van der Waals surface area contributed by atoms with Crippen molar-refractivity contribution in [1.82, 2.24) is 9.80 Å². The van der Waals surface area contributed by atoms with Gasteiger partial charge in [-0.05, 0) is 49.4 Å². The summed E-state index contributed by atoms with van der Waals surface area (Å²) in [5.41, 5.74) is 1.10. The molecule has 0 saturated carbocycles. The van der Waals surface area contributed by atoms with Crippen LogP contribution in [-0.2, 0) is 4.79 Å². The number of nitrogens with zero attached hydrogens (tertiary/aromatic N) is 2. The van der Waals surface area contributed by atoms with Crippen LogP contribution in [0.4, 0.5) is 10.1 Å². The van der Waals surface area contributed by atoms with Gasteiger partial charge in [0.25, 0.3) is 5.91 Å². The van der Waals surface area contributed by atoms with Gasteiger partial charge in [0.1, 0.15) is 5.82 Å². The zero-order valence-corrected chi connectivity index (χ0v) is 17.2. The molecule has 7 nitrogen and oxygen atoms in total. The van der Waals surface area contributed by atoms with Crippen LogP contribution in [0, 0.1) is 5.82 Å². The SMILES string of the molecule is CCOc1cc(C(=O)N2CCN(CC(=O)Nc3ccc(F)cc3)CC2)ccc1OC. The second-order valence-corrected chi connectivity index (χ2v) is 6.92. The van der Waals surface area contributed by atoms with Crippen LogP contribution in [0.1, 0.15) is 17.3 Å². The fourth-order valence-electron chi connectivity index (χ4n) is 3.31. The first-order valence-corrected chi connectivity index (χ1v) is 9.88. The lowest BCUT2D eigenvalue weighted by molar-refractivity contribution is -0.117. The molecule has 1 aliphatic rings. The number of benzene rings is 2. The molecule has 1 aliphatic heterocycles. The minimum absolute atomic E-state index is 0.0750. The van der Waals surface area contributed by atoms with E-state index in [0.29, 0.717) is 55.5 Å². The molecule has 1 fully saturated rings. The topological polar surface area (TPSA) is 71.1 Å². The lowest BCUT2D eigenvalue weighted by Crippen LogP contribution is -2.50. The number of hydrogen-bond donors (Lipinski definition) is 1. The van der Waals surface area contributed by atoms with Crippen LogP contribution in [0.2, 0.25) is 0 Å². The van der Waals surface area contributed by atoms with E-state index in [1.165, 1.54) is 24.3 Å². The Morgan fingerprint density at radius 3 is 2.37 bits per heavy atom. The van der Waals surface area contributed by atoms with Gasteiger partial charge in [-0.1, -0.05) is 0 Å². The fourth-order valence-corrected chi connectivity index (χ4v) is 3.31. The number of piperazine rings is 1. The normalized spacial score (nSPS) is 14.3. The summed E-state index contributed by atoms with van der Waals surface area (Å²) >= 11 is 0. The highest BCUT2D eigenvalue weighted by molar-refractivity contribution is 5.95. The molecule has 0 bridgehead atoms. The predicted octanol–water partition coefficient (Wildman–Crippen LogP) is 2.63. The molecule has 8 heteroatoms. The molecule has 0 aliphatic carbocycles. The van der Waals surface area contributed by atoms with Crippen molar-refractivity contribution in [2.75, 3.05) is 51.8 Å². The van der Waals surface area contributed by atoms with Crippen molar-refractivity contribution < 1.29 is 23.5 Å². The highest BCUT2D eigenvalue weighted by Gasteiger charge is 2.24. The van der Waals surface area contributed by atoms with Crippen LogP contribution >= 0.6 is 0 Å². The van der Waals surface area contributed by atoms with Crippen molar-refractivity contribution in [3.05, 3.63) is 53.8 Å². The van der Waals surface area contributed by atoms with E-state index in [0.717, 1.165) is 0 Å². The predicted molar refractivity (Wildman–Crippen MR) is 112 cm³/mol. The number of amides is 2. The second-order valence-electron chi connectivity index (χ2n) is 6.92. The summed E-state index contributed by atoms with van der Waals surface area (Å²) < 4.78 is 23.8. The van der Waals surface area contributed by atoms with Crippen LogP contribution in [0.15, 0.2) is 42.5 Å². The molecular formula is C22H26FN3O4. The monoisotopic (exact) mass is 415 g/mol. The molecule has 2 amide bonds. The van der Waals surface area contributed by atoms with Gasteiger partial charge in [0.2, 0.25) is 5.91 Å². The van der Waals surface area contributed by atoms with Crippen LogP contribution < -0.4 is 14.8 Å². The number of ether oxygens (including phenoxy) is 2. The molecule has 1 N–H and O–H groups in total. The molecule has 0 spiro atoms. The highest BCUT2D eigenvalue weighted by atomic mass is 19.1. The number of carbonyl (C=O) groups is 2. The Hall–Kier alpha value is -3.13. The van der Waals surface area contributed by atoms with Crippen molar-refractivity contribution in [2.24, 2.45) is 0 Å². The average Bonchev–Trinajstić information content (AvgIpc) is 2.75. The van der Waals surface area contributed by atoms with E-state index in [1.54, 1.807) is 30.2 Å². The quantitative estimate of drug-likeness (QED) is 0.753. The Morgan fingerprint density at radius 1 is 1.03 bits per heavy atom. The minimum atomic E-state index is -0.348. The summed E-state index contributed by atoms with van der Waals surface area (Å²) in [7, 11) is 1.56. The Bertz CT molecular complexity index is 880. The van der Waals surface area contributed by atoms with E-state index in [9.17, 15) is 14.0 Å². The van der Waals surface area contributed by atoms with Gasteiger partial charge in [0.05, 0.1) is 20.3 Å². The lowest BCUT2D eigenvalue weighted by atomic mass is 10.1. The van der Waals surface area contributed by atoms with E-state index < -0.39 is 0 Å². The Labute approximate surface area is 175 Å². The average molecular weight is 415 g/mol. The maximum Gasteiger partial charge on any atom is 0.254 e. The smallest absolute Gasteiger partial charge is 0.254 e. The van der Waals surface area contributed by atoms with Gasteiger partial charge in [-0.2, -0.15) is 0 Å². The van der Waals surface area contributed by atoms with E-state index in [1.807, 2.05) is 11.8 Å². The summed E-state index contributed by atoms with van der Waals surface area (Å²) in [4.78, 5) is 28.8. The number of carbonyl (C=O) groups excluding carboxylic acids is 2. The summed E-state index contributed by atoms with van der Waals surface area (Å²) in [5, 5.41) is 2.75. The van der Waals surface area contributed by atoms with Crippen molar-refractivity contribution in [2.45, 2.75) is 6.92 Å². The Morgan fingerprint density at radius 2 is 1.73 bits per heavy atom. The van der Waals surface area contributed by atoms with E-state index >= 15 is 0 Å². The van der Waals surface area contributed by atoms with Crippen LogP contribution in [0.3, 0.4) is 0 Å². The van der Waals surface area contributed by atoms with Gasteiger partial charge in [-0.3, -0.25) is 14.5 Å². The third-order valence-electron chi connectivity index (χ3n) is 4.87. The van der Waals surface area contributed by atoms with E-state index in [-0.39, 0.29) is 24.2 Å². The van der Waals surface area contributed by atoms with Gasteiger partial charge >= 0.3 is 0 Å². The molecule has 1 heterocycles. The highest BCUT2D eigenvalue weighted by Crippen LogP contribution is 2.28. The van der Waals surface area contributed by atoms with Crippen molar-refractivity contribution in [3.63, 3.8) is 0 Å². The van der Waals surface area contributed by atoms with Gasteiger partial charge in [0.15, 0.2) is 11.5 Å². The number of nitrogens with one attached hydrogen (secondary N) is 1. The molecule has 0 aromatic heterocycles. The third kappa shape index (κ3) is 5.48. The molecule has 2 aromatic carbocycles. The molecule has 3 rings (SSSR count). The zero-order valence-electron chi connectivity index (χ0n) is 17.2. The summed E-state index contributed by atoms with van der Waals surface area (Å²) in [6.07, 6.45) is 0. The number of hydrogen-bond acceptors (Lipinski definition) is 5. The molecule has 0 atom stereocenters. The molecule has 0 unspecified atom stereocenters. The van der Waals surface area contributed by atoms with Crippen molar-refractivity contribution in [1.29, 1.82) is 0 Å². The van der Waals surface area contributed by atoms with Crippen LogP contribution in [-0.4, -0.2) is 68.1 Å². The maximum absolute atomic E-state index is 13.0. The molecular weight excluding hydrogens is 389 g/mol. The van der Waals surface area contributed by atoms with Crippen molar-refractivity contribution in [3.8, 4) is 11.5 Å². The van der Waals surface area contributed by atoms with Crippen LogP contribution in [0.25, 0.3) is 0 Å². The first-order chi connectivity index (χ1) is 14.5. The fraction of sp³-hybridized carbons (Fsp3) is 0.364. The number of rotatable bonds is 7.